The molecule has 5 nitrogen and oxygen atoms in total. The zero-order valence-electron chi connectivity index (χ0n) is 11.4. The van der Waals surface area contributed by atoms with Gasteiger partial charge >= 0.3 is 0 Å². The number of rotatable bonds is 6. The third-order valence-corrected chi connectivity index (χ3v) is 3.49. The summed E-state index contributed by atoms with van der Waals surface area (Å²) in [5, 5.41) is 14.5. The van der Waals surface area contributed by atoms with Crippen LogP contribution in [0.4, 0.5) is 5.69 Å². The average molecular weight is 302 g/mol. The Kier molecular flexibility index (Phi) is 5.34. The SMILES string of the molecule is CSc1ccc(/C=N\OCc2cccc([N+](=O)[O-])c2)cc1. The molecule has 0 fully saturated rings. The molecule has 6 heteroatoms. The van der Waals surface area contributed by atoms with Crippen LogP contribution in [0.25, 0.3) is 0 Å². The molecule has 0 saturated carbocycles. The Balaban J connectivity index is 1.89. The lowest BCUT2D eigenvalue weighted by molar-refractivity contribution is -0.384. The summed E-state index contributed by atoms with van der Waals surface area (Å²) in [5.41, 5.74) is 1.69. The first-order chi connectivity index (χ1) is 10.2. The maximum absolute atomic E-state index is 10.7. The van der Waals surface area contributed by atoms with E-state index in [1.54, 1.807) is 30.1 Å². The number of benzene rings is 2. The van der Waals surface area contributed by atoms with Crippen molar-refractivity contribution in [1.82, 2.24) is 0 Å². The number of thioether (sulfide) groups is 1. The minimum absolute atomic E-state index is 0.0488. The van der Waals surface area contributed by atoms with Crippen molar-refractivity contribution in [3.05, 3.63) is 69.8 Å². The molecule has 0 aromatic heterocycles. The molecular weight excluding hydrogens is 288 g/mol. The summed E-state index contributed by atoms with van der Waals surface area (Å²) in [6.07, 6.45) is 3.63. The van der Waals surface area contributed by atoms with Crippen LogP contribution in [0.2, 0.25) is 0 Å². The van der Waals surface area contributed by atoms with Gasteiger partial charge in [0, 0.05) is 17.0 Å². The molecule has 2 aromatic carbocycles. The van der Waals surface area contributed by atoms with E-state index in [2.05, 4.69) is 5.16 Å². The van der Waals surface area contributed by atoms with Crippen LogP contribution in [-0.4, -0.2) is 17.4 Å². The van der Waals surface area contributed by atoms with E-state index in [0.29, 0.717) is 5.56 Å². The molecule has 0 aliphatic heterocycles. The van der Waals surface area contributed by atoms with E-state index >= 15 is 0 Å². The standard InChI is InChI=1S/C15H14N2O3S/c1-21-15-7-5-12(6-8-15)10-16-20-11-13-3-2-4-14(9-13)17(18)19/h2-10H,11H2,1H3/b16-10-. The zero-order chi connectivity index (χ0) is 15.1. The normalized spacial score (nSPS) is 10.7. The molecule has 2 rings (SSSR count). The average Bonchev–Trinajstić information content (AvgIpc) is 2.52. The first-order valence-electron chi connectivity index (χ1n) is 6.22. The monoisotopic (exact) mass is 302 g/mol. The lowest BCUT2D eigenvalue weighted by Crippen LogP contribution is -1.92. The fraction of sp³-hybridized carbons (Fsp3) is 0.133. The van der Waals surface area contributed by atoms with Gasteiger partial charge in [-0.1, -0.05) is 29.4 Å². The Morgan fingerprint density at radius 1 is 1.29 bits per heavy atom. The smallest absolute Gasteiger partial charge is 0.269 e. The number of oxime groups is 1. The summed E-state index contributed by atoms with van der Waals surface area (Å²) in [7, 11) is 0. The number of hydrogen-bond donors (Lipinski definition) is 0. The number of non-ortho nitro benzene ring substituents is 1. The fourth-order valence-corrected chi connectivity index (χ4v) is 2.07. The van der Waals surface area contributed by atoms with Gasteiger partial charge in [0.1, 0.15) is 6.61 Å². The zero-order valence-corrected chi connectivity index (χ0v) is 12.2. The summed E-state index contributed by atoms with van der Waals surface area (Å²) in [6, 6.07) is 14.2. The molecule has 0 aliphatic rings. The Labute approximate surface area is 126 Å². The second-order valence-electron chi connectivity index (χ2n) is 4.21. The van der Waals surface area contributed by atoms with Crippen LogP contribution in [0.3, 0.4) is 0 Å². The van der Waals surface area contributed by atoms with E-state index in [0.717, 1.165) is 5.56 Å². The molecule has 2 aromatic rings. The van der Waals surface area contributed by atoms with E-state index in [4.69, 9.17) is 4.84 Å². The van der Waals surface area contributed by atoms with Crippen LogP contribution in [0.1, 0.15) is 11.1 Å². The van der Waals surface area contributed by atoms with Crippen LogP contribution in [0, 0.1) is 10.1 Å². The highest BCUT2D eigenvalue weighted by molar-refractivity contribution is 7.98. The van der Waals surface area contributed by atoms with Crippen molar-refractivity contribution < 1.29 is 9.76 Å². The predicted octanol–water partition coefficient (Wildman–Crippen LogP) is 3.87. The predicted molar refractivity (Wildman–Crippen MR) is 83.7 cm³/mol. The van der Waals surface area contributed by atoms with Gasteiger partial charge < -0.3 is 4.84 Å². The van der Waals surface area contributed by atoms with E-state index in [1.165, 1.54) is 17.0 Å². The summed E-state index contributed by atoms with van der Waals surface area (Å²) >= 11 is 1.68. The van der Waals surface area contributed by atoms with Crippen molar-refractivity contribution in [2.45, 2.75) is 11.5 Å². The Hall–Kier alpha value is -2.34. The highest BCUT2D eigenvalue weighted by atomic mass is 32.2. The van der Waals surface area contributed by atoms with Crippen LogP contribution in [0.5, 0.6) is 0 Å². The molecule has 108 valence electrons. The Morgan fingerprint density at radius 2 is 2.05 bits per heavy atom. The summed E-state index contributed by atoms with van der Waals surface area (Å²) in [6.45, 7) is 0.196. The van der Waals surface area contributed by atoms with Gasteiger partial charge in [-0.15, -0.1) is 11.8 Å². The van der Waals surface area contributed by atoms with Crippen molar-refractivity contribution in [2.75, 3.05) is 6.26 Å². The molecule has 0 saturated heterocycles. The maximum atomic E-state index is 10.7. The molecule has 0 atom stereocenters. The molecule has 0 amide bonds. The van der Waals surface area contributed by atoms with Crippen LogP contribution in [0.15, 0.2) is 58.6 Å². The van der Waals surface area contributed by atoms with Crippen molar-refractivity contribution in [2.24, 2.45) is 5.16 Å². The molecule has 0 bridgehead atoms. The summed E-state index contributed by atoms with van der Waals surface area (Å²) in [4.78, 5) is 16.6. The van der Waals surface area contributed by atoms with Gasteiger partial charge in [0.05, 0.1) is 11.1 Å². The molecule has 0 aliphatic carbocycles. The third kappa shape index (κ3) is 4.61. The van der Waals surface area contributed by atoms with Crippen LogP contribution >= 0.6 is 11.8 Å². The van der Waals surface area contributed by atoms with Gasteiger partial charge in [0.25, 0.3) is 5.69 Å². The molecule has 0 N–H and O–H groups in total. The minimum Gasteiger partial charge on any atom is -0.391 e. The first-order valence-corrected chi connectivity index (χ1v) is 7.44. The van der Waals surface area contributed by atoms with Crippen LogP contribution in [-0.2, 0) is 11.4 Å². The van der Waals surface area contributed by atoms with Gasteiger partial charge in [-0.3, -0.25) is 10.1 Å². The lowest BCUT2D eigenvalue weighted by Gasteiger charge is -2.00. The minimum atomic E-state index is -0.430. The van der Waals surface area contributed by atoms with Crippen molar-refractivity contribution >= 4 is 23.7 Å². The molecular formula is C15H14N2O3S. The van der Waals surface area contributed by atoms with E-state index in [1.807, 2.05) is 30.5 Å². The number of nitro groups is 1. The van der Waals surface area contributed by atoms with Gasteiger partial charge in [0.2, 0.25) is 0 Å². The van der Waals surface area contributed by atoms with E-state index in [-0.39, 0.29) is 12.3 Å². The van der Waals surface area contributed by atoms with E-state index in [9.17, 15) is 10.1 Å². The van der Waals surface area contributed by atoms with Gasteiger partial charge in [-0.2, -0.15) is 0 Å². The summed E-state index contributed by atoms with van der Waals surface area (Å²) in [5.74, 6) is 0. The topological polar surface area (TPSA) is 64.7 Å². The summed E-state index contributed by atoms with van der Waals surface area (Å²) < 4.78 is 0. The van der Waals surface area contributed by atoms with Crippen LogP contribution < -0.4 is 0 Å². The van der Waals surface area contributed by atoms with Gasteiger partial charge in [0.15, 0.2) is 0 Å². The van der Waals surface area contributed by atoms with Crippen molar-refractivity contribution in [3.63, 3.8) is 0 Å². The molecule has 0 unspecified atom stereocenters. The fourth-order valence-electron chi connectivity index (χ4n) is 1.66. The second kappa shape index (κ2) is 7.44. The Morgan fingerprint density at radius 3 is 2.71 bits per heavy atom. The number of nitro benzene ring substituents is 1. The highest BCUT2D eigenvalue weighted by Gasteiger charge is 2.05. The first kappa shape index (κ1) is 15.1. The molecule has 0 radical (unpaired) electrons. The third-order valence-electron chi connectivity index (χ3n) is 2.74. The number of hydrogen-bond acceptors (Lipinski definition) is 5. The highest BCUT2D eigenvalue weighted by Crippen LogP contribution is 2.15. The van der Waals surface area contributed by atoms with Gasteiger partial charge in [-0.05, 0) is 29.5 Å². The maximum Gasteiger partial charge on any atom is 0.269 e. The van der Waals surface area contributed by atoms with E-state index < -0.39 is 4.92 Å². The quantitative estimate of drug-likeness (QED) is 0.352. The van der Waals surface area contributed by atoms with Crippen molar-refractivity contribution in [3.8, 4) is 0 Å². The Bertz CT molecular complexity index is 642. The lowest BCUT2D eigenvalue weighted by atomic mass is 10.2. The van der Waals surface area contributed by atoms with Gasteiger partial charge in [-0.25, -0.2) is 0 Å². The molecule has 0 heterocycles. The van der Waals surface area contributed by atoms with Crippen molar-refractivity contribution in [1.29, 1.82) is 0 Å². The largest absolute Gasteiger partial charge is 0.391 e. The molecule has 0 spiro atoms. The number of nitrogens with zero attached hydrogens (tertiary/aromatic N) is 2. The second-order valence-corrected chi connectivity index (χ2v) is 5.09. The molecule has 21 heavy (non-hydrogen) atoms.